The van der Waals surface area contributed by atoms with E-state index < -0.39 is 22.9 Å². The summed E-state index contributed by atoms with van der Waals surface area (Å²) < 4.78 is 48.6. The number of alkyl halides is 3. The average Bonchev–Trinajstić information content (AvgIpc) is 2.85. The highest BCUT2D eigenvalue weighted by Crippen LogP contribution is 2.33. The average molecular weight is 547 g/mol. The Kier molecular flexibility index (Phi) is 8.92. The van der Waals surface area contributed by atoms with E-state index in [-0.39, 0.29) is 12.1 Å². The van der Waals surface area contributed by atoms with Crippen LogP contribution in [-0.4, -0.2) is 59.8 Å². The van der Waals surface area contributed by atoms with E-state index in [0.29, 0.717) is 30.2 Å². The number of ether oxygens (including phenoxy) is 2. The fourth-order valence-corrected chi connectivity index (χ4v) is 3.89. The number of nitrogens with one attached hydrogen (secondary N) is 1. The lowest BCUT2D eigenvalue weighted by Gasteiger charge is -2.49. The molecule has 1 saturated heterocycles. The Morgan fingerprint density at radius 3 is 2.26 bits per heavy atom. The van der Waals surface area contributed by atoms with Gasteiger partial charge in [0.25, 0.3) is 0 Å². The van der Waals surface area contributed by atoms with E-state index in [1.54, 1.807) is 37.4 Å². The summed E-state index contributed by atoms with van der Waals surface area (Å²) in [7, 11) is 1.79. The molecule has 0 spiro atoms. The van der Waals surface area contributed by atoms with Gasteiger partial charge in [0.1, 0.15) is 29.0 Å². The maximum atomic E-state index is 12.6. The van der Waals surface area contributed by atoms with Crippen LogP contribution in [0.1, 0.15) is 43.6 Å². The number of aliphatic hydroxyl groups is 1. The van der Waals surface area contributed by atoms with Crippen molar-refractivity contribution >= 4 is 23.2 Å². The van der Waals surface area contributed by atoms with Gasteiger partial charge in [-0.3, -0.25) is 4.79 Å². The number of likely N-dealkylation sites (N-methyl/N-ethyl adjacent to an activating group) is 1. The van der Waals surface area contributed by atoms with Gasteiger partial charge in [-0.25, -0.2) is 4.79 Å². The summed E-state index contributed by atoms with van der Waals surface area (Å²) in [5, 5.41) is 14.7. The van der Waals surface area contributed by atoms with Crippen molar-refractivity contribution in [3.05, 3.63) is 71.8 Å². The molecule has 0 saturated carbocycles. The lowest BCUT2D eigenvalue weighted by molar-refractivity contribution is -0.137. The molecule has 1 fully saturated rings. The highest BCUT2D eigenvalue weighted by molar-refractivity contribution is 5.92. The molecule has 1 aliphatic rings. The predicted octanol–water partition coefficient (Wildman–Crippen LogP) is 6.04. The number of amides is 1. The number of carbonyl (C=O) groups is 2. The minimum absolute atomic E-state index is 0.0359. The van der Waals surface area contributed by atoms with Crippen LogP contribution >= 0.6 is 0 Å². The summed E-state index contributed by atoms with van der Waals surface area (Å²) >= 11 is 0. The third kappa shape index (κ3) is 7.70. The lowest BCUT2D eigenvalue weighted by atomic mass is 9.87. The largest absolute Gasteiger partial charge is 0.457 e. The minimum Gasteiger partial charge on any atom is -0.457 e. The van der Waals surface area contributed by atoms with E-state index in [1.807, 2.05) is 33.8 Å². The van der Waals surface area contributed by atoms with Gasteiger partial charge in [0, 0.05) is 17.0 Å². The van der Waals surface area contributed by atoms with E-state index in [2.05, 4.69) is 5.32 Å². The normalized spacial score (nSPS) is 15.5. The van der Waals surface area contributed by atoms with Gasteiger partial charge in [0.05, 0.1) is 18.7 Å². The molecule has 1 unspecified atom stereocenters. The maximum absolute atomic E-state index is 12.6. The summed E-state index contributed by atoms with van der Waals surface area (Å²) in [6.07, 6.45) is -3.98. The number of fused-ring (bicyclic) bond motifs is 1. The molecule has 1 aliphatic heterocycles. The van der Waals surface area contributed by atoms with Crippen molar-refractivity contribution in [1.82, 2.24) is 10.2 Å². The predicted molar refractivity (Wildman–Crippen MR) is 142 cm³/mol. The summed E-state index contributed by atoms with van der Waals surface area (Å²) in [6, 6.07) is 14.9. The van der Waals surface area contributed by atoms with Crippen molar-refractivity contribution in [3.63, 3.8) is 0 Å². The molecule has 1 amide bonds. The number of aldehydes is 1. The number of likely N-dealkylation sites (tertiary alicyclic amines) is 1. The first-order chi connectivity index (χ1) is 18.1. The van der Waals surface area contributed by atoms with Crippen LogP contribution in [0.15, 0.2) is 60.7 Å². The van der Waals surface area contributed by atoms with Gasteiger partial charge in [-0.1, -0.05) is 18.2 Å². The molecular weight excluding hydrogens is 513 g/mol. The quantitative estimate of drug-likeness (QED) is 0.380. The van der Waals surface area contributed by atoms with E-state index >= 15 is 0 Å². The number of nitrogens with zero attached hydrogens (tertiary/aromatic N) is 1. The summed E-state index contributed by atoms with van der Waals surface area (Å²) in [4.78, 5) is 23.9. The Morgan fingerprint density at radius 2 is 1.72 bits per heavy atom. The first-order valence-corrected chi connectivity index (χ1v) is 12.4. The fraction of sp³-hybridized carbons (Fsp3) is 0.379. The molecule has 3 aromatic rings. The third-order valence-electron chi connectivity index (χ3n) is 6.23. The second-order valence-corrected chi connectivity index (χ2v) is 10.4. The van der Waals surface area contributed by atoms with Crippen LogP contribution in [0.2, 0.25) is 0 Å². The molecule has 0 bridgehead atoms. The summed E-state index contributed by atoms with van der Waals surface area (Å²) in [6.45, 7) is 8.02. The van der Waals surface area contributed by atoms with Crippen molar-refractivity contribution in [2.75, 3.05) is 20.1 Å². The maximum Gasteiger partial charge on any atom is 0.416 e. The van der Waals surface area contributed by atoms with Gasteiger partial charge in [-0.05, 0) is 82.6 Å². The molecule has 0 radical (unpaired) electrons. The van der Waals surface area contributed by atoms with Gasteiger partial charge >= 0.3 is 12.3 Å². The fourth-order valence-electron chi connectivity index (χ4n) is 3.89. The van der Waals surface area contributed by atoms with Crippen LogP contribution in [0, 0.1) is 0 Å². The van der Waals surface area contributed by atoms with Crippen LogP contribution in [0.25, 0.3) is 10.8 Å². The van der Waals surface area contributed by atoms with E-state index in [0.717, 1.165) is 29.2 Å². The molecule has 7 nitrogen and oxygen atoms in total. The third-order valence-corrected chi connectivity index (χ3v) is 6.23. The van der Waals surface area contributed by atoms with Crippen LogP contribution in [0.5, 0.6) is 11.5 Å². The number of benzene rings is 3. The van der Waals surface area contributed by atoms with E-state index in [9.17, 15) is 27.9 Å². The van der Waals surface area contributed by atoms with Gasteiger partial charge in [-0.15, -0.1) is 0 Å². The van der Waals surface area contributed by atoms with Crippen LogP contribution in [0.4, 0.5) is 18.0 Å². The molecule has 3 aromatic carbocycles. The highest BCUT2D eigenvalue weighted by atomic mass is 19.4. The Morgan fingerprint density at radius 1 is 1.08 bits per heavy atom. The monoisotopic (exact) mass is 546 g/mol. The van der Waals surface area contributed by atoms with Crippen molar-refractivity contribution < 1.29 is 37.3 Å². The van der Waals surface area contributed by atoms with Gasteiger partial charge < -0.3 is 24.8 Å². The zero-order valence-corrected chi connectivity index (χ0v) is 22.5. The minimum atomic E-state index is -4.37. The molecule has 4 rings (SSSR count). The molecule has 1 heterocycles. The number of hydrogen-bond acceptors (Lipinski definition) is 6. The van der Waals surface area contributed by atoms with E-state index in [1.165, 1.54) is 17.0 Å². The number of halogens is 3. The molecule has 39 heavy (non-hydrogen) atoms. The topological polar surface area (TPSA) is 88.1 Å². The van der Waals surface area contributed by atoms with Crippen molar-refractivity contribution in [1.29, 1.82) is 0 Å². The lowest BCUT2D eigenvalue weighted by Crippen LogP contribution is -2.70. The molecule has 1 atom stereocenters. The van der Waals surface area contributed by atoms with Crippen LogP contribution in [-0.2, 0) is 10.9 Å². The zero-order valence-electron chi connectivity index (χ0n) is 22.5. The van der Waals surface area contributed by atoms with Gasteiger partial charge in [-0.2, -0.15) is 13.2 Å². The molecule has 0 aromatic heterocycles. The van der Waals surface area contributed by atoms with Crippen LogP contribution in [0.3, 0.4) is 0 Å². The second-order valence-electron chi connectivity index (χ2n) is 10.4. The number of hydrogen-bond donors (Lipinski definition) is 2. The second kappa shape index (κ2) is 11.6. The molecular formula is C29H33F3N2O5. The first kappa shape index (κ1) is 29.9. The molecule has 2 N–H and O–H groups in total. The smallest absolute Gasteiger partial charge is 0.416 e. The van der Waals surface area contributed by atoms with Crippen LogP contribution < -0.4 is 10.1 Å². The first-order valence-electron chi connectivity index (χ1n) is 12.4. The Hall–Kier alpha value is -3.63. The van der Waals surface area contributed by atoms with Crippen molar-refractivity contribution in [2.45, 2.75) is 51.1 Å². The standard InChI is InChI=1S/C18H11F3O2.C11H22N2O3/c19-18(20,21)14-5-7-15(8-6-14)23-17-3-1-2-13-10-12(11-22)4-9-16(13)17;1-8(12-5)11(15)6-13(7-11)9(14)16-10(2,3)4/h1-11H;8,12,15H,6-7H2,1-5H3. The zero-order chi connectivity index (χ0) is 29.0. The molecule has 0 aliphatic carbocycles. The molecule has 10 heteroatoms. The van der Waals surface area contributed by atoms with E-state index in [4.69, 9.17) is 9.47 Å². The van der Waals surface area contributed by atoms with Crippen molar-refractivity contribution in [2.24, 2.45) is 0 Å². The SMILES string of the molecule is CNC(C)C1(O)CN(C(=O)OC(C)(C)C)C1.O=Cc1ccc2c(Oc3ccc(C(F)(F)F)cc3)cccc2c1. The van der Waals surface area contributed by atoms with Gasteiger partial charge in [0.15, 0.2) is 0 Å². The number of rotatable bonds is 5. The molecule has 210 valence electrons. The summed E-state index contributed by atoms with van der Waals surface area (Å²) in [5.41, 5.74) is -1.49. The summed E-state index contributed by atoms with van der Waals surface area (Å²) in [5.74, 6) is 0.824. The van der Waals surface area contributed by atoms with Crippen molar-refractivity contribution in [3.8, 4) is 11.5 Å². The number of carbonyl (C=O) groups excluding carboxylic acids is 2. The highest BCUT2D eigenvalue weighted by Gasteiger charge is 2.48. The van der Waals surface area contributed by atoms with Gasteiger partial charge in [0.2, 0.25) is 0 Å². The Balaban J connectivity index is 0.000000231. The Labute approximate surface area is 225 Å². The number of β-amino-alcohol motifs (C(OH)–C–C–N with tert-alkyl or cyclic N) is 1. The Bertz CT molecular complexity index is 1300.